The van der Waals surface area contributed by atoms with E-state index in [2.05, 4.69) is 19.2 Å². The average Bonchev–Trinajstić information content (AvgIpc) is 3.50. The molecule has 0 bridgehead atoms. The topological polar surface area (TPSA) is 210 Å². The second kappa shape index (κ2) is 13.5. The van der Waals surface area contributed by atoms with Gasteiger partial charge in [-0.1, -0.05) is 38.1 Å². The van der Waals surface area contributed by atoms with Gasteiger partial charge in [0.25, 0.3) is 10.0 Å². The lowest BCUT2D eigenvalue weighted by Crippen LogP contribution is -2.56. The maximum Gasteiger partial charge on any atom is 0.286 e. The Labute approximate surface area is 280 Å². The molecule has 2 heterocycles. The summed E-state index contributed by atoms with van der Waals surface area (Å²) in [5, 5.41) is 14.3. The van der Waals surface area contributed by atoms with Crippen LogP contribution in [0.25, 0.3) is 5.76 Å². The number of rotatable bonds is 13. The van der Waals surface area contributed by atoms with Crippen LogP contribution in [-0.2, 0) is 49.9 Å². The van der Waals surface area contributed by atoms with Crippen molar-refractivity contribution in [3.63, 3.8) is 0 Å². The molecule has 15 nitrogen and oxygen atoms in total. The number of ketones is 1. The third-order valence-corrected chi connectivity index (χ3v) is 11.4. The summed E-state index contributed by atoms with van der Waals surface area (Å²) in [6.07, 6.45) is 0.825. The number of amidine groups is 1. The van der Waals surface area contributed by atoms with Crippen LogP contribution in [-0.4, -0.2) is 98.5 Å². The number of nitrogens with zero attached hydrogens (tertiary/aromatic N) is 2. The van der Waals surface area contributed by atoms with E-state index in [-0.39, 0.29) is 52.0 Å². The largest absolute Gasteiger partial charge is 0.506 e. The van der Waals surface area contributed by atoms with Gasteiger partial charge in [-0.3, -0.25) is 9.52 Å². The molecule has 1 aliphatic carbocycles. The second-order valence-corrected chi connectivity index (χ2v) is 17.6. The van der Waals surface area contributed by atoms with Crippen LogP contribution in [0.3, 0.4) is 0 Å². The number of likely N-dealkylation sites (N-methyl/N-ethyl adjacent to an activating group) is 1. The van der Waals surface area contributed by atoms with Crippen molar-refractivity contribution in [1.82, 2.24) is 9.62 Å². The van der Waals surface area contributed by atoms with Crippen LogP contribution in [0.1, 0.15) is 37.8 Å². The summed E-state index contributed by atoms with van der Waals surface area (Å²) < 4.78 is 97.5. The fraction of sp³-hybridized carbons (Fsp3) is 0.467. The molecule has 0 aromatic heterocycles. The number of sulfonamides is 3. The SMILES string of the molecule is CC(C)CCC1(NS(=O)(=O)CCN(C)CC2OCCO2)C(=O)C(C2=NS(=O)(=O)c3cc(NS(C)(=O)=O)ccc3N2)=C(O)c2ccccc21. The van der Waals surface area contributed by atoms with Crippen LogP contribution in [0.15, 0.2) is 57.3 Å². The highest BCUT2D eigenvalue weighted by atomic mass is 32.2. The summed E-state index contributed by atoms with van der Waals surface area (Å²) in [5.41, 5.74) is -2.14. The third kappa shape index (κ3) is 7.74. The Bertz CT molecular complexity index is 1990. The second-order valence-electron chi connectivity index (χ2n) is 12.4. The van der Waals surface area contributed by atoms with Gasteiger partial charge in [-0.25, -0.2) is 16.8 Å². The number of aliphatic hydroxyl groups is 1. The Morgan fingerprint density at radius 3 is 2.48 bits per heavy atom. The zero-order chi connectivity index (χ0) is 35.1. The number of hydrogen-bond donors (Lipinski definition) is 4. The standard InChI is InChI=1S/C30H39N5O10S3/c1-19(2)11-12-30(34-47(40,41)16-13-35(3)18-25-44-14-15-45-25)22-8-6-5-7-21(22)27(36)26(28(30)37)29-31-23-10-9-20(32-46(4,38)39)17-24(23)48(42,43)33-29/h5-10,17,19,25,32,34,36H,11-16,18H2,1-4H3,(H,31,33). The monoisotopic (exact) mass is 725 g/mol. The number of benzene rings is 2. The highest BCUT2D eigenvalue weighted by molar-refractivity contribution is 7.92. The van der Waals surface area contributed by atoms with Gasteiger partial charge < -0.3 is 24.8 Å². The maximum absolute atomic E-state index is 14.7. The van der Waals surface area contributed by atoms with E-state index in [1.807, 2.05) is 13.8 Å². The lowest BCUT2D eigenvalue weighted by molar-refractivity contribution is -0.121. The van der Waals surface area contributed by atoms with Gasteiger partial charge in [0.05, 0.1) is 30.9 Å². The van der Waals surface area contributed by atoms with E-state index in [1.165, 1.54) is 18.2 Å². The Morgan fingerprint density at radius 2 is 1.81 bits per heavy atom. The number of aliphatic hydroxyl groups excluding tert-OH is 1. The van der Waals surface area contributed by atoms with E-state index < -0.39 is 64.8 Å². The molecule has 48 heavy (non-hydrogen) atoms. The molecule has 18 heteroatoms. The summed E-state index contributed by atoms with van der Waals surface area (Å²) in [5.74, 6) is -2.31. The fourth-order valence-electron chi connectivity index (χ4n) is 5.76. The average molecular weight is 726 g/mol. The molecule has 0 saturated carbocycles. The summed E-state index contributed by atoms with van der Waals surface area (Å²) in [6.45, 7) is 5.17. The quantitative estimate of drug-likeness (QED) is 0.234. The minimum atomic E-state index is -4.54. The molecule has 3 aliphatic rings. The number of hydrogen-bond acceptors (Lipinski definition) is 12. The molecule has 4 N–H and O–H groups in total. The number of ether oxygens (including phenoxy) is 2. The van der Waals surface area contributed by atoms with Gasteiger partial charge in [0, 0.05) is 24.3 Å². The van der Waals surface area contributed by atoms with Gasteiger partial charge >= 0.3 is 0 Å². The van der Waals surface area contributed by atoms with Crippen molar-refractivity contribution in [3.05, 3.63) is 59.2 Å². The molecule has 0 spiro atoms. The van der Waals surface area contributed by atoms with E-state index in [1.54, 1.807) is 30.1 Å². The summed E-state index contributed by atoms with van der Waals surface area (Å²) in [6, 6.07) is 9.99. The van der Waals surface area contributed by atoms with E-state index >= 15 is 0 Å². The molecule has 2 aromatic rings. The first-order valence-corrected chi connectivity index (χ1v) is 20.1. The van der Waals surface area contributed by atoms with Crippen molar-refractivity contribution in [2.24, 2.45) is 10.3 Å². The number of fused-ring (bicyclic) bond motifs is 2. The molecule has 5 rings (SSSR count). The van der Waals surface area contributed by atoms with E-state index in [0.29, 0.717) is 26.2 Å². The van der Waals surface area contributed by atoms with Crippen LogP contribution < -0.4 is 14.8 Å². The Balaban J connectivity index is 1.55. The van der Waals surface area contributed by atoms with Gasteiger partial charge in [-0.2, -0.15) is 13.1 Å². The van der Waals surface area contributed by atoms with Crippen LogP contribution in [0.5, 0.6) is 0 Å². The first-order valence-electron chi connectivity index (χ1n) is 15.2. The number of carbonyl (C=O) groups is 1. The molecule has 2 aliphatic heterocycles. The van der Waals surface area contributed by atoms with Crippen molar-refractivity contribution < 1.29 is 44.6 Å². The smallest absolute Gasteiger partial charge is 0.286 e. The third-order valence-electron chi connectivity index (χ3n) is 8.08. The molecule has 2 aromatic carbocycles. The van der Waals surface area contributed by atoms with Crippen LogP contribution >= 0.6 is 0 Å². The Morgan fingerprint density at radius 1 is 1.12 bits per heavy atom. The van der Waals surface area contributed by atoms with Gasteiger partial charge in [-0.15, -0.1) is 4.40 Å². The molecule has 0 amide bonds. The molecule has 1 atom stereocenters. The van der Waals surface area contributed by atoms with Gasteiger partial charge in [0.2, 0.25) is 20.0 Å². The predicted octanol–water partition coefficient (Wildman–Crippen LogP) is 1.98. The van der Waals surface area contributed by atoms with Crippen LogP contribution in [0.2, 0.25) is 0 Å². The van der Waals surface area contributed by atoms with Gasteiger partial charge in [-0.05, 0) is 49.6 Å². The molecule has 1 saturated heterocycles. The Hall–Kier alpha value is -3.39. The van der Waals surface area contributed by atoms with Crippen molar-refractivity contribution >= 4 is 58.8 Å². The van der Waals surface area contributed by atoms with Crippen LogP contribution in [0.4, 0.5) is 11.4 Å². The minimum absolute atomic E-state index is 0.00669. The molecular formula is C30H39N5O10S3. The zero-order valence-corrected chi connectivity index (χ0v) is 29.3. The zero-order valence-electron chi connectivity index (χ0n) is 26.9. The lowest BCUT2D eigenvalue weighted by Gasteiger charge is -2.39. The predicted molar refractivity (Wildman–Crippen MR) is 180 cm³/mol. The first-order chi connectivity index (χ1) is 22.4. The Kier molecular flexibility index (Phi) is 10.1. The van der Waals surface area contributed by atoms with Crippen molar-refractivity contribution in [2.75, 3.05) is 55.4 Å². The number of Topliss-reactive ketones (excluding diaryl/α,β-unsaturated/α-hetero) is 1. The molecule has 0 radical (unpaired) electrons. The van der Waals surface area contributed by atoms with Crippen molar-refractivity contribution in [1.29, 1.82) is 0 Å². The van der Waals surface area contributed by atoms with Gasteiger partial charge in [0.15, 0.2) is 17.9 Å². The first kappa shape index (κ1) is 35.9. The number of anilines is 2. The van der Waals surface area contributed by atoms with Gasteiger partial charge in [0.1, 0.15) is 21.8 Å². The van der Waals surface area contributed by atoms with E-state index in [4.69, 9.17) is 9.47 Å². The molecule has 262 valence electrons. The molecule has 1 unspecified atom stereocenters. The highest BCUT2D eigenvalue weighted by Crippen LogP contribution is 2.44. The minimum Gasteiger partial charge on any atom is -0.506 e. The van der Waals surface area contributed by atoms with E-state index in [9.17, 15) is 35.2 Å². The number of nitrogens with one attached hydrogen (secondary N) is 3. The number of carbonyl (C=O) groups excluding carboxylic acids is 1. The highest BCUT2D eigenvalue weighted by Gasteiger charge is 2.51. The van der Waals surface area contributed by atoms with E-state index in [0.717, 1.165) is 12.3 Å². The molecule has 1 fully saturated rings. The summed E-state index contributed by atoms with van der Waals surface area (Å²) >= 11 is 0. The normalized spacial score (nSPS) is 21.2. The van der Waals surface area contributed by atoms with Crippen molar-refractivity contribution in [3.8, 4) is 0 Å². The lowest BCUT2D eigenvalue weighted by atomic mass is 9.72. The fourth-order valence-corrected chi connectivity index (χ4v) is 8.95. The summed E-state index contributed by atoms with van der Waals surface area (Å²) in [4.78, 5) is 16.1. The van der Waals surface area contributed by atoms with Crippen molar-refractivity contribution in [2.45, 2.75) is 43.4 Å². The molecular weight excluding hydrogens is 687 g/mol. The summed E-state index contributed by atoms with van der Waals surface area (Å²) in [7, 11) is -10.7. The van der Waals surface area contributed by atoms with Crippen LogP contribution in [0, 0.1) is 5.92 Å². The maximum atomic E-state index is 14.7.